The van der Waals surface area contributed by atoms with E-state index in [2.05, 4.69) is 20.7 Å². The smallest absolute Gasteiger partial charge is 0.342 e. The standard InChI is InChI=1S/C10H11BrO3/c1-10(13,9(12)14-2)7-4-3-5-8(11)6-7/h3-6,13H,1-2H3. The molecular formula is C10H11BrO3. The lowest BCUT2D eigenvalue weighted by molar-refractivity contribution is -0.161. The second-order valence-corrected chi connectivity index (χ2v) is 3.99. The molecule has 1 atom stereocenters. The van der Waals surface area contributed by atoms with Gasteiger partial charge < -0.3 is 9.84 Å². The van der Waals surface area contributed by atoms with Crippen LogP contribution in [0.15, 0.2) is 28.7 Å². The summed E-state index contributed by atoms with van der Waals surface area (Å²) >= 11 is 3.26. The van der Waals surface area contributed by atoms with Gasteiger partial charge in [0.25, 0.3) is 0 Å². The minimum absolute atomic E-state index is 0.499. The number of aliphatic hydroxyl groups is 1. The normalized spacial score (nSPS) is 14.6. The van der Waals surface area contributed by atoms with Crippen molar-refractivity contribution in [3.63, 3.8) is 0 Å². The summed E-state index contributed by atoms with van der Waals surface area (Å²) in [7, 11) is 1.24. The van der Waals surface area contributed by atoms with Crippen LogP contribution in [0.3, 0.4) is 0 Å². The van der Waals surface area contributed by atoms with E-state index in [1.54, 1.807) is 18.2 Å². The molecule has 1 rings (SSSR count). The second kappa shape index (κ2) is 4.11. The zero-order valence-corrected chi connectivity index (χ0v) is 9.54. The number of methoxy groups -OCH3 is 1. The molecule has 0 aliphatic carbocycles. The minimum Gasteiger partial charge on any atom is -0.467 e. The highest BCUT2D eigenvalue weighted by atomic mass is 79.9. The Balaban J connectivity index is 3.09. The van der Waals surface area contributed by atoms with Gasteiger partial charge in [0.15, 0.2) is 5.60 Å². The Hall–Kier alpha value is -0.870. The van der Waals surface area contributed by atoms with Crippen LogP contribution >= 0.6 is 15.9 Å². The molecule has 0 bridgehead atoms. The molecule has 4 heteroatoms. The zero-order valence-electron chi connectivity index (χ0n) is 7.95. The van der Waals surface area contributed by atoms with Crippen molar-refractivity contribution < 1.29 is 14.6 Å². The average Bonchev–Trinajstić information content (AvgIpc) is 2.16. The first-order valence-corrected chi connectivity index (χ1v) is 4.84. The van der Waals surface area contributed by atoms with E-state index >= 15 is 0 Å². The van der Waals surface area contributed by atoms with E-state index in [9.17, 15) is 9.90 Å². The van der Waals surface area contributed by atoms with Crippen molar-refractivity contribution in [1.82, 2.24) is 0 Å². The highest BCUT2D eigenvalue weighted by molar-refractivity contribution is 9.10. The van der Waals surface area contributed by atoms with E-state index in [-0.39, 0.29) is 0 Å². The van der Waals surface area contributed by atoms with Crippen LogP contribution in [-0.2, 0) is 15.1 Å². The fraction of sp³-hybridized carbons (Fsp3) is 0.300. The van der Waals surface area contributed by atoms with Gasteiger partial charge in [-0.3, -0.25) is 0 Å². The number of carbonyl (C=O) groups excluding carboxylic acids is 1. The molecule has 1 aromatic rings. The number of esters is 1. The van der Waals surface area contributed by atoms with Gasteiger partial charge in [0.2, 0.25) is 0 Å². The van der Waals surface area contributed by atoms with Gasteiger partial charge in [-0.15, -0.1) is 0 Å². The van der Waals surface area contributed by atoms with Gasteiger partial charge >= 0.3 is 5.97 Å². The lowest BCUT2D eigenvalue weighted by Crippen LogP contribution is -2.33. The van der Waals surface area contributed by atoms with Gasteiger partial charge in [0.1, 0.15) is 0 Å². The lowest BCUT2D eigenvalue weighted by Gasteiger charge is -2.20. The molecule has 0 aromatic heterocycles. The van der Waals surface area contributed by atoms with Crippen molar-refractivity contribution in [2.24, 2.45) is 0 Å². The minimum atomic E-state index is -1.60. The molecule has 1 N–H and O–H groups in total. The molecule has 0 aliphatic heterocycles. The Morgan fingerprint density at radius 2 is 2.21 bits per heavy atom. The lowest BCUT2D eigenvalue weighted by atomic mass is 9.96. The highest BCUT2D eigenvalue weighted by Gasteiger charge is 2.33. The summed E-state index contributed by atoms with van der Waals surface area (Å²) in [5, 5.41) is 9.88. The molecule has 14 heavy (non-hydrogen) atoms. The summed E-state index contributed by atoms with van der Waals surface area (Å²) in [6, 6.07) is 6.91. The molecule has 3 nitrogen and oxygen atoms in total. The Morgan fingerprint density at radius 1 is 1.57 bits per heavy atom. The maximum Gasteiger partial charge on any atom is 0.342 e. The van der Waals surface area contributed by atoms with Crippen LogP contribution in [0, 0.1) is 0 Å². The molecule has 1 aromatic carbocycles. The van der Waals surface area contributed by atoms with Crippen LogP contribution in [0.25, 0.3) is 0 Å². The molecule has 0 spiro atoms. The Morgan fingerprint density at radius 3 is 2.71 bits per heavy atom. The molecule has 0 heterocycles. The quantitative estimate of drug-likeness (QED) is 0.824. The molecular weight excluding hydrogens is 248 g/mol. The van der Waals surface area contributed by atoms with E-state index in [1.165, 1.54) is 14.0 Å². The van der Waals surface area contributed by atoms with Crippen molar-refractivity contribution in [2.75, 3.05) is 7.11 Å². The van der Waals surface area contributed by atoms with E-state index in [1.807, 2.05) is 6.07 Å². The zero-order chi connectivity index (χ0) is 10.8. The van der Waals surface area contributed by atoms with Gasteiger partial charge in [0, 0.05) is 4.47 Å². The first-order valence-electron chi connectivity index (χ1n) is 4.05. The van der Waals surface area contributed by atoms with Gasteiger partial charge in [-0.2, -0.15) is 0 Å². The van der Waals surface area contributed by atoms with Crippen LogP contribution < -0.4 is 0 Å². The van der Waals surface area contributed by atoms with E-state index in [4.69, 9.17) is 0 Å². The van der Waals surface area contributed by atoms with Crippen molar-refractivity contribution in [2.45, 2.75) is 12.5 Å². The number of rotatable bonds is 2. The monoisotopic (exact) mass is 258 g/mol. The molecule has 0 amide bonds. The number of ether oxygens (including phenoxy) is 1. The predicted octanol–water partition coefficient (Wildman–Crippen LogP) is 1.83. The van der Waals surface area contributed by atoms with Crippen LogP contribution in [0.1, 0.15) is 12.5 Å². The average molecular weight is 259 g/mol. The summed E-state index contributed by atoms with van der Waals surface area (Å²) in [4.78, 5) is 11.3. The predicted molar refractivity (Wildman–Crippen MR) is 55.7 cm³/mol. The number of hydrogen-bond acceptors (Lipinski definition) is 3. The number of carbonyl (C=O) groups is 1. The molecule has 1 unspecified atom stereocenters. The number of halogens is 1. The molecule has 0 aliphatic rings. The number of hydrogen-bond donors (Lipinski definition) is 1. The van der Waals surface area contributed by atoms with Gasteiger partial charge in [-0.25, -0.2) is 4.79 Å². The van der Waals surface area contributed by atoms with Crippen molar-refractivity contribution >= 4 is 21.9 Å². The molecule has 0 saturated carbocycles. The summed E-state index contributed by atoms with van der Waals surface area (Å²) < 4.78 is 5.31. The van der Waals surface area contributed by atoms with Gasteiger partial charge in [-0.1, -0.05) is 28.1 Å². The summed E-state index contributed by atoms with van der Waals surface area (Å²) in [6.45, 7) is 1.40. The van der Waals surface area contributed by atoms with Gasteiger partial charge in [-0.05, 0) is 24.6 Å². The van der Waals surface area contributed by atoms with Gasteiger partial charge in [0.05, 0.1) is 7.11 Å². The fourth-order valence-corrected chi connectivity index (χ4v) is 1.51. The summed E-state index contributed by atoms with van der Waals surface area (Å²) in [5.74, 6) is -0.671. The fourth-order valence-electron chi connectivity index (χ4n) is 1.11. The van der Waals surface area contributed by atoms with E-state index < -0.39 is 11.6 Å². The van der Waals surface area contributed by atoms with Crippen LogP contribution in [0.5, 0.6) is 0 Å². The molecule has 0 saturated heterocycles. The topological polar surface area (TPSA) is 46.5 Å². The first kappa shape index (κ1) is 11.2. The Bertz CT molecular complexity index is 347. The third-order valence-electron chi connectivity index (χ3n) is 1.97. The van der Waals surface area contributed by atoms with Crippen molar-refractivity contribution in [3.8, 4) is 0 Å². The second-order valence-electron chi connectivity index (χ2n) is 3.07. The largest absolute Gasteiger partial charge is 0.467 e. The maximum absolute atomic E-state index is 11.3. The van der Waals surface area contributed by atoms with Crippen molar-refractivity contribution in [3.05, 3.63) is 34.3 Å². The summed E-state index contributed by atoms with van der Waals surface area (Å²) in [6.07, 6.45) is 0. The van der Waals surface area contributed by atoms with E-state index in [0.29, 0.717) is 5.56 Å². The SMILES string of the molecule is COC(=O)C(C)(O)c1cccc(Br)c1. The number of benzene rings is 1. The molecule has 0 radical (unpaired) electrons. The molecule has 0 fully saturated rings. The van der Waals surface area contributed by atoms with Crippen LogP contribution in [-0.4, -0.2) is 18.2 Å². The van der Waals surface area contributed by atoms with E-state index in [0.717, 1.165) is 4.47 Å². The maximum atomic E-state index is 11.3. The van der Waals surface area contributed by atoms with Crippen LogP contribution in [0.4, 0.5) is 0 Å². The summed E-state index contributed by atoms with van der Waals surface area (Å²) in [5.41, 5.74) is -1.10. The third kappa shape index (κ3) is 2.13. The molecule has 76 valence electrons. The highest BCUT2D eigenvalue weighted by Crippen LogP contribution is 2.24. The van der Waals surface area contributed by atoms with Crippen LogP contribution in [0.2, 0.25) is 0 Å². The van der Waals surface area contributed by atoms with Crippen molar-refractivity contribution in [1.29, 1.82) is 0 Å². The first-order chi connectivity index (χ1) is 6.48. The Kier molecular flexibility index (Phi) is 3.29. The Labute approximate surface area is 90.8 Å². The third-order valence-corrected chi connectivity index (χ3v) is 2.46.